The van der Waals surface area contributed by atoms with Gasteiger partial charge in [-0.15, -0.1) is 0 Å². The standard InChI is InChI=1S/C11H21N5/c1-4-11(12)16(8-7-14(3)10-16)15-6-5-13(2)9-15/h5-9,11H,4,10,12H2,1-3H3/q+2. The number of nitrogens with two attached hydrogens (primary N) is 1. The monoisotopic (exact) mass is 223 g/mol. The van der Waals surface area contributed by atoms with Crippen LogP contribution in [0.25, 0.3) is 0 Å². The van der Waals surface area contributed by atoms with E-state index in [1.54, 1.807) is 0 Å². The number of hydrogen-bond acceptors (Lipinski definition) is 2. The van der Waals surface area contributed by atoms with Crippen LogP contribution in [0.5, 0.6) is 0 Å². The molecule has 1 aromatic rings. The van der Waals surface area contributed by atoms with Crippen molar-refractivity contribution >= 4 is 0 Å². The van der Waals surface area contributed by atoms with Crippen molar-refractivity contribution in [1.82, 2.24) is 14.2 Å². The topological polar surface area (TPSA) is 38.1 Å². The maximum absolute atomic E-state index is 6.28. The molecule has 5 nitrogen and oxygen atoms in total. The van der Waals surface area contributed by atoms with Crippen molar-refractivity contribution in [2.24, 2.45) is 12.8 Å². The summed E-state index contributed by atoms with van der Waals surface area (Å²) < 4.78 is 4.84. The minimum atomic E-state index is 0.0774. The minimum absolute atomic E-state index is 0.0774. The van der Waals surface area contributed by atoms with Gasteiger partial charge in [0.05, 0.1) is 13.2 Å². The third-order valence-corrected chi connectivity index (χ3v) is 3.21. The van der Waals surface area contributed by atoms with E-state index in [-0.39, 0.29) is 6.17 Å². The van der Waals surface area contributed by atoms with E-state index >= 15 is 0 Å². The van der Waals surface area contributed by atoms with Gasteiger partial charge in [-0.05, 0) is 0 Å². The molecule has 0 saturated heterocycles. The Labute approximate surface area is 96.5 Å². The summed E-state index contributed by atoms with van der Waals surface area (Å²) in [7, 11) is 4.09. The van der Waals surface area contributed by atoms with Crippen LogP contribution in [0.1, 0.15) is 13.3 Å². The Morgan fingerprint density at radius 3 is 2.75 bits per heavy atom. The smallest absolute Gasteiger partial charge is 0.295 e. The zero-order valence-corrected chi connectivity index (χ0v) is 10.2. The maximum Gasteiger partial charge on any atom is 0.295 e. The largest absolute Gasteiger partial charge is 0.326 e. The number of nitrogens with zero attached hydrogens (tertiary/aromatic N) is 4. The minimum Gasteiger partial charge on any atom is -0.326 e. The van der Waals surface area contributed by atoms with Gasteiger partial charge >= 0.3 is 0 Å². The Hall–Kier alpha value is -1.33. The molecule has 0 radical (unpaired) electrons. The Kier molecular flexibility index (Phi) is 2.73. The molecule has 1 aromatic heterocycles. The molecule has 1 aliphatic rings. The molecule has 2 N–H and O–H groups in total. The summed E-state index contributed by atoms with van der Waals surface area (Å²) in [5, 5.41) is 0. The second-order valence-corrected chi connectivity index (χ2v) is 4.52. The third kappa shape index (κ3) is 1.62. The second-order valence-electron chi connectivity index (χ2n) is 4.52. The fourth-order valence-electron chi connectivity index (χ4n) is 2.19. The van der Waals surface area contributed by atoms with E-state index in [0.717, 1.165) is 13.1 Å². The summed E-state index contributed by atoms with van der Waals surface area (Å²) in [5.74, 6) is 0. The summed E-state index contributed by atoms with van der Waals surface area (Å²) in [6.45, 7) is 3.00. The Morgan fingerprint density at radius 1 is 1.56 bits per heavy atom. The molecular formula is C11H21N5+2. The van der Waals surface area contributed by atoms with Gasteiger partial charge in [0.1, 0.15) is 6.20 Å². The van der Waals surface area contributed by atoms with Crippen LogP contribution in [0.3, 0.4) is 0 Å². The molecule has 2 unspecified atom stereocenters. The van der Waals surface area contributed by atoms with Gasteiger partial charge in [-0.3, -0.25) is 5.73 Å². The first-order valence-corrected chi connectivity index (χ1v) is 5.65. The van der Waals surface area contributed by atoms with Crippen LogP contribution >= 0.6 is 0 Å². The SMILES string of the molecule is CCC(N)[N+]1(n2cc[n+](C)c2)C=CN(C)C1. The van der Waals surface area contributed by atoms with Crippen molar-refractivity contribution in [3.63, 3.8) is 0 Å². The molecule has 1 aliphatic heterocycles. The molecule has 0 bridgehead atoms. The fourth-order valence-corrected chi connectivity index (χ4v) is 2.19. The molecule has 16 heavy (non-hydrogen) atoms. The molecule has 0 fully saturated rings. The van der Waals surface area contributed by atoms with E-state index in [0.29, 0.717) is 4.59 Å². The van der Waals surface area contributed by atoms with E-state index in [2.05, 4.69) is 48.5 Å². The van der Waals surface area contributed by atoms with Crippen molar-refractivity contribution in [1.29, 1.82) is 0 Å². The van der Waals surface area contributed by atoms with Crippen LogP contribution in [-0.4, -0.2) is 29.5 Å². The summed E-state index contributed by atoms with van der Waals surface area (Å²) in [5.41, 5.74) is 6.28. The van der Waals surface area contributed by atoms with Crippen molar-refractivity contribution in [3.05, 3.63) is 31.1 Å². The maximum atomic E-state index is 6.28. The van der Waals surface area contributed by atoms with Gasteiger partial charge in [0.25, 0.3) is 6.33 Å². The lowest BCUT2D eigenvalue weighted by molar-refractivity contribution is -0.671. The number of hydrogen-bond donors (Lipinski definition) is 1. The van der Waals surface area contributed by atoms with Gasteiger partial charge < -0.3 is 4.90 Å². The number of rotatable bonds is 3. The van der Waals surface area contributed by atoms with E-state index in [4.69, 9.17) is 5.73 Å². The lowest BCUT2D eigenvalue weighted by Crippen LogP contribution is -2.64. The first kappa shape index (κ1) is 11.2. The molecule has 5 heteroatoms. The lowest BCUT2D eigenvalue weighted by Gasteiger charge is -2.31. The Bertz CT molecular complexity index is 397. The quantitative estimate of drug-likeness (QED) is 0.570. The van der Waals surface area contributed by atoms with Gasteiger partial charge in [0, 0.05) is 13.5 Å². The first-order chi connectivity index (χ1) is 7.58. The first-order valence-electron chi connectivity index (χ1n) is 5.65. The highest BCUT2D eigenvalue weighted by atomic mass is 15.8. The predicted octanol–water partition coefficient (Wildman–Crippen LogP) is -0.180. The second kappa shape index (κ2) is 3.92. The molecule has 2 atom stereocenters. The van der Waals surface area contributed by atoms with Crippen LogP contribution < -0.4 is 14.9 Å². The van der Waals surface area contributed by atoms with Crippen LogP contribution in [-0.2, 0) is 7.05 Å². The summed E-state index contributed by atoms with van der Waals surface area (Å²) in [6, 6.07) is 0. The van der Waals surface area contributed by atoms with Crippen LogP contribution in [0.15, 0.2) is 31.1 Å². The highest BCUT2D eigenvalue weighted by Crippen LogP contribution is 2.18. The van der Waals surface area contributed by atoms with Crippen LogP contribution in [0.4, 0.5) is 0 Å². The van der Waals surface area contributed by atoms with E-state index < -0.39 is 0 Å². The molecule has 0 aliphatic carbocycles. The normalized spacial score (nSPS) is 26.4. The van der Waals surface area contributed by atoms with Crippen LogP contribution in [0.2, 0.25) is 0 Å². The molecule has 2 heterocycles. The number of aromatic nitrogens is 2. The Morgan fingerprint density at radius 2 is 2.31 bits per heavy atom. The fraction of sp³-hybridized carbons (Fsp3) is 0.545. The number of aryl methyl sites for hydroxylation is 1. The van der Waals surface area contributed by atoms with E-state index in [1.807, 2.05) is 17.8 Å². The third-order valence-electron chi connectivity index (χ3n) is 3.21. The Balaban J connectivity index is 2.40. The molecule has 2 rings (SSSR count). The number of imidazole rings is 1. The molecule has 0 saturated carbocycles. The average molecular weight is 223 g/mol. The summed E-state index contributed by atoms with van der Waals surface area (Å²) in [6.07, 6.45) is 11.4. The van der Waals surface area contributed by atoms with Crippen molar-refractivity contribution in [2.75, 3.05) is 13.7 Å². The molecule has 88 valence electrons. The van der Waals surface area contributed by atoms with Gasteiger partial charge in [-0.25, -0.2) is 4.57 Å². The van der Waals surface area contributed by atoms with Gasteiger partial charge in [-0.2, -0.15) is 0 Å². The highest BCUT2D eigenvalue weighted by molar-refractivity contribution is 5.06. The van der Waals surface area contributed by atoms with Gasteiger partial charge in [-0.1, -0.05) is 16.2 Å². The number of quaternary nitrogens is 1. The highest BCUT2D eigenvalue weighted by Gasteiger charge is 2.43. The zero-order chi connectivity index (χ0) is 11.8. The molecule has 0 aromatic carbocycles. The van der Waals surface area contributed by atoms with Crippen molar-refractivity contribution < 1.29 is 4.57 Å². The van der Waals surface area contributed by atoms with E-state index in [9.17, 15) is 0 Å². The molecular weight excluding hydrogens is 202 g/mol. The average Bonchev–Trinajstić information content (AvgIpc) is 2.84. The zero-order valence-electron chi connectivity index (χ0n) is 10.2. The van der Waals surface area contributed by atoms with Crippen molar-refractivity contribution in [3.8, 4) is 0 Å². The molecule has 0 spiro atoms. The lowest BCUT2D eigenvalue weighted by atomic mass is 10.3. The van der Waals surface area contributed by atoms with Crippen LogP contribution in [0, 0.1) is 0 Å². The predicted molar refractivity (Wildman–Crippen MR) is 63.2 cm³/mol. The molecule has 0 amide bonds. The summed E-state index contributed by atoms with van der Waals surface area (Å²) in [4.78, 5) is 2.16. The van der Waals surface area contributed by atoms with E-state index in [1.165, 1.54) is 0 Å². The van der Waals surface area contributed by atoms with Gasteiger partial charge in [0.15, 0.2) is 25.2 Å². The van der Waals surface area contributed by atoms with Gasteiger partial charge in [0.2, 0.25) is 0 Å². The van der Waals surface area contributed by atoms with Crippen molar-refractivity contribution in [2.45, 2.75) is 19.5 Å². The summed E-state index contributed by atoms with van der Waals surface area (Å²) >= 11 is 0.